The molecule has 0 saturated heterocycles. The van der Waals surface area contributed by atoms with Crippen molar-refractivity contribution in [3.05, 3.63) is 61.1 Å². The number of benzene rings is 2. The number of hydrogen-bond acceptors (Lipinski definition) is 4. The van der Waals surface area contributed by atoms with E-state index in [-0.39, 0.29) is 5.57 Å². The van der Waals surface area contributed by atoms with E-state index in [9.17, 15) is 4.79 Å². The standard InChI is InChI=1S/C19H16BrIN2O3/c1-2-25-17-9-13(7-14(10-22)19(23)24)8-16(21)18(17)26-11-12-3-5-15(20)6-4-12/h3-9H,2,11H2,1H3,(H2,23,24)/b14-7+. The molecule has 2 aromatic carbocycles. The first-order chi connectivity index (χ1) is 12.4. The summed E-state index contributed by atoms with van der Waals surface area (Å²) in [6.45, 7) is 2.72. The van der Waals surface area contributed by atoms with Gasteiger partial charge in [0.05, 0.1) is 10.2 Å². The van der Waals surface area contributed by atoms with Crippen molar-refractivity contribution in [3.63, 3.8) is 0 Å². The fourth-order valence-corrected chi connectivity index (χ4v) is 3.18. The van der Waals surface area contributed by atoms with E-state index in [1.165, 1.54) is 6.08 Å². The van der Waals surface area contributed by atoms with Crippen molar-refractivity contribution in [2.45, 2.75) is 13.5 Å². The molecule has 2 N–H and O–H groups in total. The van der Waals surface area contributed by atoms with Crippen molar-refractivity contribution >= 4 is 50.5 Å². The third-order valence-corrected chi connectivity index (χ3v) is 4.66. The minimum Gasteiger partial charge on any atom is -0.490 e. The SMILES string of the molecule is CCOc1cc(/C=C(\C#N)C(N)=O)cc(I)c1OCc1ccc(Br)cc1. The lowest BCUT2D eigenvalue weighted by atomic mass is 10.1. The molecule has 0 unspecified atom stereocenters. The number of amides is 1. The Morgan fingerprint density at radius 1 is 1.31 bits per heavy atom. The second kappa shape index (κ2) is 9.59. The number of carbonyl (C=O) groups is 1. The van der Waals surface area contributed by atoms with Crippen LogP contribution in [0, 0.1) is 14.9 Å². The highest BCUT2D eigenvalue weighted by Crippen LogP contribution is 2.35. The number of halogens is 2. The summed E-state index contributed by atoms with van der Waals surface area (Å²) in [6, 6.07) is 13.2. The first-order valence-electron chi connectivity index (χ1n) is 7.69. The summed E-state index contributed by atoms with van der Waals surface area (Å²) >= 11 is 5.54. The third-order valence-electron chi connectivity index (χ3n) is 3.33. The molecule has 7 heteroatoms. The highest BCUT2D eigenvalue weighted by atomic mass is 127. The van der Waals surface area contributed by atoms with Crippen LogP contribution in [0.1, 0.15) is 18.1 Å². The summed E-state index contributed by atoms with van der Waals surface area (Å²) in [6.07, 6.45) is 1.44. The number of nitrogens with two attached hydrogens (primary N) is 1. The lowest BCUT2D eigenvalue weighted by Gasteiger charge is -2.15. The summed E-state index contributed by atoms with van der Waals surface area (Å²) in [4.78, 5) is 11.3. The van der Waals surface area contributed by atoms with Crippen LogP contribution >= 0.6 is 38.5 Å². The highest BCUT2D eigenvalue weighted by molar-refractivity contribution is 14.1. The van der Waals surface area contributed by atoms with Crippen LogP contribution in [0.25, 0.3) is 6.08 Å². The topological polar surface area (TPSA) is 85.3 Å². The maximum atomic E-state index is 11.3. The molecule has 0 aliphatic heterocycles. The molecule has 1 amide bonds. The van der Waals surface area contributed by atoms with Gasteiger partial charge in [0.1, 0.15) is 18.2 Å². The van der Waals surface area contributed by atoms with Crippen LogP contribution in [0.2, 0.25) is 0 Å². The molecule has 0 radical (unpaired) electrons. The van der Waals surface area contributed by atoms with Crippen LogP contribution in [0.3, 0.4) is 0 Å². The van der Waals surface area contributed by atoms with Crippen molar-refractivity contribution in [1.29, 1.82) is 5.26 Å². The molecule has 5 nitrogen and oxygen atoms in total. The maximum absolute atomic E-state index is 11.3. The molecule has 0 fully saturated rings. The van der Waals surface area contributed by atoms with Crippen molar-refractivity contribution in [2.24, 2.45) is 5.73 Å². The summed E-state index contributed by atoms with van der Waals surface area (Å²) in [5.41, 5.74) is 6.74. The smallest absolute Gasteiger partial charge is 0.259 e. The zero-order valence-corrected chi connectivity index (χ0v) is 17.7. The van der Waals surface area contributed by atoms with E-state index < -0.39 is 5.91 Å². The fourth-order valence-electron chi connectivity index (χ4n) is 2.14. The Hall–Kier alpha value is -2.05. The summed E-state index contributed by atoms with van der Waals surface area (Å²) in [7, 11) is 0. The maximum Gasteiger partial charge on any atom is 0.259 e. The van der Waals surface area contributed by atoms with Crippen molar-refractivity contribution in [1.82, 2.24) is 0 Å². The number of nitrogens with zero attached hydrogens (tertiary/aromatic N) is 1. The quantitative estimate of drug-likeness (QED) is 0.328. The van der Waals surface area contributed by atoms with Gasteiger partial charge in [-0.15, -0.1) is 0 Å². The average Bonchev–Trinajstić information content (AvgIpc) is 2.60. The van der Waals surface area contributed by atoms with E-state index in [0.29, 0.717) is 30.3 Å². The summed E-state index contributed by atoms with van der Waals surface area (Å²) < 4.78 is 13.4. The van der Waals surface area contributed by atoms with Gasteiger partial charge in [-0.3, -0.25) is 4.79 Å². The van der Waals surface area contributed by atoms with Gasteiger partial charge in [0.25, 0.3) is 5.91 Å². The van der Waals surface area contributed by atoms with Gasteiger partial charge in [-0.25, -0.2) is 0 Å². The van der Waals surface area contributed by atoms with Crippen molar-refractivity contribution < 1.29 is 14.3 Å². The highest BCUT2D eigenvalue weighted by Gasteiger charge is 2.13. The Labute approximate surface area is 174 Å². The fraction of sp³-hybridized carbons (Fsp3) is 0.158. The first kappa shape index (κ1) is 20.3. The van der Waals surface area contributed by atoms with Gasteiger partial charge < -0.3 is 15.2 Å². The molecule has 0 saturated carbocycles. The first-order valence-corrected chi connectivity index (χ1v) is 9.57. The van der Waals surface area contributed by atoms with E-state index in [2.05, 4.69) is 38.5 Å². The number of rotatable bonds is 7. The monoisotopic (exact) mass is 526 g/mol. The molecule has 2 rings (SSSR count). The zero-order chi connectivity index (χ0) is 19.1. The molecular formula is C19H16BrIN2O3. The van der Waals surface area contributed by atoms with Crippen LogP contribution in [0.15, 0.2) is 46.4 Å². The second-order valence-corrected chi connectivity index (χ2v) is 7.29. The van der Waals surface area contributed by atoms with Gasteiger partial charge in [-0.2, -0.15) is 5.26 Å². The predicted molar refractivity (Wildman–Crippen MR) is 112 cm³/mol. The Morgan fingerprint density at radius 3 is 2.58 bits per heavy atom. The molecular weight excluding hydrogens is 511 g/mol. The van der Waals surface area contributed by atoms with Gasteiger partial charge in [-0.1, -0.05) is 28.1 Å². The van der Waals surface area contributed by atoms with E-state index in [1.54, 1.807) is 18.2 Å². The minimum absolute atomic E-state index is 0.119. The van der Waals surface area contributed by atoms with Crippen LogP contribution in [0.5, 0.6) is 11.5 Å². The van der Waals surface area contributed by atoms with E-state index in [4.69, 9.17) is 20.5 Å². The number of hydrogen-bond donors (Lipinski definition) is 1. The summed E-state index contributed by atoms with van der Waals surface area (Å²) in [5.74, 6) is 0.394. The largest absolute Gasteiger partial charge is 0.490 e. The van der Waals surface area contributed by atoms with E-state index >= 15 is 0 Å². The Balaban J connectivity index is 2.32. The molecule has 0 aliphatic carbocycles. The van der Waals surface area contributed by atoms with Gasteiger partial charge >= 0.3 is 0 Å². The lowest BCUT2D eigenvalue weighted by Crippen LogP contribution is -2.12. The number of primary amides is 1. The molecule has 26 heavy (non-hydrogen) atoms. The van der Waals surface area contributed by atoms with Crippen LogP contribution in [-0.2, 0) is 11.4 Å². The van der Waals surface area contributed by atoms with Crippen LogP contribution in [-0.4, -0.2) is 12.5 Å². The van der Waals surface area contributed by atoms with Crippen LogP contribution in [0.4, 0.5) is 0 Å². The molecule has 0 spiro atoms. The van der Waals surface area contributed by atoms with E-state index in [0.717, 1.165) is 13.6 Å². The van der Waals surface area contributed by atoms with Gasteiger partial charge in [0.2, 0.25) is 0 Å². The van der Waals surface area contributed by atoms with E-state index in [1.807, 2.05) is 31.2 Å². The molecule has 0 bridgehead atoms. The van der Waals surface area contributed by atoms with Crippen molar-refractivity contribution in [3.8, 4) is 17.6 Å². The molecule has 2 aromatic rings. The summed E-state index contributed by atoms with van der Waals surface area (Å²) in [5, 5.41) is 9.00. The van der Waals surface area contributed by atoms with Crippen LogP contribution < -0.4 is 15.2 Å². The van der Waals surface area contributed by atoms with Gasteiger partial charge in [-0.05, 0) is 71.0 Å². The molecule has 0 aliphatic rings. The number of nitriles is 1. The molecule has 0 atom stereocenters. The van der Waals surface area contributed by atoms with Gasteiger partial charge in [0.15, 0.2) is 11.5 Å². The Kier molecular flexibility index (Phi) is 7.48. The number of carbonyl (C=O) groups excluding carboxylic acids is 1. The molecule has 134 valence electrons. The zero-order valence-electron chi connectivity index (χ0n) is 14.0. The number of ether oxygens (including phenoxy) is 2. The minimum atomic E-state index is -0.768. The Bertz CT molecular complexity index is 874. The average molecular weight is 527 g/mol. The third kappa shape index (κ3) is 5.47. The molecule has 0 aromatic heterocycles. The normalized spacial score (nSPS) is 10.9. The van der Waals surface area contributed by atoms with Gasteiger partial charge in [0, 0.05) is 4.47 Å². The second-order valence-electron chi connectivity index (χ2n) is 5.21. The Morgan fingerprint density at radius 2 is 2.00 bits per heavy atom. The lowest BCUT2D eigenvalue weighted by molar-refractivity contribution is -0.114. The predicted octanol–water partition coefficient (Wildman–Crippen LogP) is 4.42. The molecule has 0 heterocycles. The van der Waals surface area contributed by atoms with Crippen molar-refractivity contribution in [2.75, 3.05) is 6.61 Å².